The Morgan fingerprint density at radius 2 is 1.76 bits per heavy atom. The summed E-state index contributed by atoms with van der Waals surface area (Å²) in [6, 6.07) is 12.2. The van der Waals surface area contributed by atoms with Crippen LogP contribution in [0, 0.1) is 6.92 Å². The van der Waals surface area contributed by atoms with Crippen molar-refractivity contribution in [2.45, 2.75) is 32.6 Å². The van der Waals surface area contributed by atoms with Crippen LogP contribution in [0.4, 0.5) is 0 Å². The summed E-state index contributed by atoms with van der Waals surface area (Å²) in [5, 5.41) is 0. The van der Waals surface area contributed by atoms with Gasteiger partial charge in [-0.2, -0.15) is 0 Å². The van der Waals surface area contributed by atoms with Gasteiger partial charge in [0.05, 0.1) is 20.8 Å². The van der Waals surface area contributed by atoms with Crippen LogP contribution < -0.4 is 19.9 Å². The Morgan fingerprint density at radius 3 is 2.36 bits per heavy atom. The summed E-state index contributed by atoms with van der Waals surface area (Å²) in [7, 11) is 3.36. The molecule has 0 aliphatic rings. The van der Waals surface area contributed by atoms with Crippen molar-refractivity contribution in [2.75, 3.05) is 27.4 Å². The smallest absolute Gasteiger partial charge is 0.122 e. The second-order valence-electron chi connectivity index (χ2n) is 6.19. The van der Waals surface area contributed by atoms with Crippen LogP contribution in [0.25, 0.3) is 0 Å². The number of nitrogens with two attached hydrogens (primary N) is 1. The molecule has 4 nitrogen and oxygen atoms in total. The van der Waals surface area contributed by atoms with E-state index in [9.17, 15) is 0 Å². The summed E-state index contributed by atoms with van der Waals surface area (Å²) < 4.78 is 16.6. The van der Waals surface area contributed by atoms with Gasteiger partial charge in [0.1, 0.15) is 17.2 Å². The molecule has 0 aliphatic heterocycles. The maximum Gasteiger partial charge on any atom is 0.122 e. The summed E-state index contributed by atoms with van der Waals surface area (Å²) in [4.78, 5) is 0. The molecule has 0 aliphatic carbocycles. The Bertz CT molecular complexity index is 685. The minimum Gasteiger partial charge on any atom is -0.497 e. The van der Waals surface area contributed by atoms with Crippen molar-refractivity contribution >= 4 is 0 Å². The monoisotopic (exact) mass is 343 g/mol. The molecule has 0 amide bonds. The molecule has 2 aromatic carbocycles. The molecule has 1 atom stereocenters. The number of methoxy groups -OCH3 is 2. The van der Waals surface area contributed by atoms with Crippen LogP contribution in [-0.4, -0.2) is 27.4 Å². The molecule has 0 saturated heterocycles. The normalized spacial score (nSPS) is 11.9. The quantitative estimate of drug-likeness (QED) is 0.745. The highest BCUT2D eigenvalue weighted by Gasteiger charge is 2.16. The lowest BCUT2D eigenvalue weighted by molar-refractivity contribution is 0.315. The van der Waals surface area contributed by atoms with Crippen molar-refractivity contribution < 1.29 is 14.2 Å². The molecule has 0 bridgehead atoms. The summed E-state index contributed by atoms with van der Waals surface area (Å²) in [6.45, 7) is 5.49. The average Bonchev–Trinajstić information content (AvgIpc) is 2.64. The molecule has 0 radical (unpaired) electrons. The third-order valence-electron chi connectivity index (χ3n) is 4.37. The first-order chi connectivity index (χ1) is 12.1. The molecule has 136 valence electrons. The Morgan fingerprint density at radius 1 is 1.00 bits per heavy atom. The van der Waals surface area contributed by atoms with Crippen molar-refractivity contribution in [3.8, 4) is 17.2 Å². The summed E-state index contributed by atoms with van der Waals surface area (Å²) >= 11 is 0. The molecular formula is C21H29NO3. The number of benzene rings is 2. The molecule has 0 heterocycles. The fourth-order valence-electron chi connectivity index (χ4n) is 2.94. The predicted octanol–water partition coefficient (Wildman–Crippen LogP) is 4.09. The minimum absolute atomic E-state index is 0.208. The van der Waals surface area contributed by atoms with Gasteiger partial charge < -0.3 is 19.9 Å². The van der Waals surface area contributed by atoms with E-state index in [1.165, 1.54) is 5.56 Å². The fourth-order valence-corrected chi connectivity index (χ4v) is 2.94. The van der Waals surface area contributed by atoms with Gasteiger partial charge in [-0.25, -0.2) is 0 Å². The van der Waals surface area contributed by atoms with E-state index < -0.39 is 0 Å². The zero-order valence-corrected chi connectivity index (χ0v) is 15.7. The van der Waals surface area contributed by atoms with Crippen LogP contribution in [0.5, 0.6) is 17.2 Å². The summed E-state index contributed by atoms with van der Waals surface area (Å²) in [5.74, 6) is 2.84. The first-order valence-electron chi connectivity index (χ1n) is 8.77. The first-order valence-corrected chi connectivity index (χ1v) is 8.77. The first kappa shape index (κ1) is 19.1. The van der Waals surface area contributed by atoms with Crippen LogP contribution in [0.15, 0.2) is 36.4 Å². The SMILES string of the molecule is CCCOc1ccc(C(CN)Cc2cc(OC)ccc2OC)cc1C. The second-order valence-corrected chi connectivity index (χ2v) is 6.19. The Balaban J connectivity index is 2.24. The van der Waals surface area contributed by atoms with Crippen LogP contribution in [0.2, 0.25) is 0 Å². The number of ether oxygens (including phenoxy) is 3. The minimum atomic E-state index is 0.208. The number of hydrogen-bond donors (Lipinski definition) is 1. The van der Waals surface area contributed by atoms with E-state index in [0.717, 1.165) is 47.8 Å². The highest BCUT2D eigenvalue weighted by molar-refractivity contribution is 5.43. The highest BCUT2D eigenvalue weighted by Crippen LogP contribution is 2.31. The van der Waals surface area contributed by atoms with Crippen LogP contribution >= 0.6 is 0 Å². The zero-order chi connectivity index (χ0) is 18.2. The van der Waals surface area contributed by atoms with Crippen molar-refractivity contribution in [1.29, 1.82) is 0 Å². The molecule has 2 N–H and O–H groups in total. The Kier molecular flexibility index (Phi) is 7.14. The van der Waals surface area contributed by atoms with Gasteiger partial charge in [0.25, 0.3) is 0 Å². The van der Waals surface area contributed by atoms with E-state index >= 15 is 0 Å². The van der Waals surface area contributed by atoms with Crippen molar-refractivity contribution in [2.24, 2.45) is 5.73 Å². The van der Waals surface area contributed by atoms with Gasteiger partial charge in [-0.1, -0.05) is 19.1 Å². The standard InChI is InChI=1S/C21H29NO3/c1-5-10-25-20-8-6-16(11-15(20)2)18(14-22)12-17-13-19(23-3)7-9-21(17)24-4/h6-9,11,13,18H,5,10,12,14,22H2,1-4H3. The van der Waals surface area contributed by atoms with E-state index in [4.69, 9.17) is 19.9 Å². The molecule has 2 rings (SSSR count). The summed E-state index contributed by atoms with van der Waals surface area (Å²) in [6.07, 6.45) is 1.80. The van der Waals surface area contributed by atoms with Crippen molar-refractivity contribution in [1.82, 2.24) is 0 Å². The topological polar surface area (TPSA) is 53.7 Å². The second kappa shape index (κ2) is 9.33. The molecule has 1 unspecified atom stereocenters. The average molecular weight is 343 g/mol. The van der Waals surface area contributed by atoms with Crippen LogP contribution in [0.3, 0.4) is 0 Å². The maximum absolute atomic E-state index is 6.08. The van der Waals surface area contributed by atoms with E-state index in [-0.39, 0.29) is 5.92 Å². The molecule has 0 aromatic heterocycles. The molecule has 25 heavy (non-hydrogen) atoms. The van der Waals surface area contributed by atoms with E-state index in [1.807, 2.05) is 24.3 Å². The third kappa shape index (κ3) is 4.89. The van der Waals surface area contributed by atoms with Gasteiger partial charge in [-0.15, -0.1) is 0 Å². The Labute approximate surface area is 150 Å². The fraction of sp³-hybridized carbons (Fsp3) is 0.429. The maximum atomic E-state index is 6.08. The molecule has 0 saturated carbocycles. The lowest BCUT2D eigenvalue weighted by atomic mass is 9.90. The summed E-state index contributed by atoms with van der Waals surface area (Å²) in [5.41, 5.74) is 9.54. The van der Waals surface area contributed by atoms with Gasteiger partial charge in [-0.3, -0.25) is 0 Å². The molecule has 0 fully saturated rings. The molecule has 0 spiro atoms. The van der Waals surface area contributed by atoms with E-state index in [2.05, 4.69) is 26.0 Å². The predicted molar refractivity (Wildman–Crippen MR) is 102 cm³/mol. The van der Waals surface area contributed by atoms with E-state index in [1.54, 1.807) is 14.2 Å². The lowest BCUT2D eigenvalue weighted by Crippen LogP contribution is -2.16. The van der Waals surface area contributed by atoms with E-state index in [0.29, 0.717) is 6.54 Å². The molecule has 2 aromatic rings. The number of aryl methyl sites for hydroxylation is 1. The van der Waals surface area contributed by atoms with Gasteiger partial charge in [0.15, 0.2) is 0 Å². The van der Waals surface area contributed by atoms with Gasteiger partial charge in [0.2, 0.25) is 0 Å². The lowest BCUT2D eigenvalue weighted by Gasteiger charge is -2.19. The van der Waals surface area contributed by atoms with Crippen LogP contribution in [-0.2, 0) is 6.42 Å². The zero-order valence-electron chi connectivity index (χ0n) is 15.7. The van der Waals surface area contributed by atoms with Gasteiger partial charge in [0, 0.05) is 5.92 Å². The largest absolute Gasteiger partial charge is 0.497 e. The van der Waals surface area contributed by atoms with Gasteiger partial charge in [-0.05, 0) is 67.3 Å². The number of rotatable bonds is 9. The third-order valence-corrected chi connectivity index (χ3v) is 4.37. The Hall–Kier alpha value is -2.20. The van der Waals surface area contributed by atoms with Gasteiger partial charge >= 0.3 is 0 Å². The number of hydrogen-bond acceptors (Lipinski definition) is 4. The molecule has 4 heteroatoms. The van der Waals surface area contributed by atoms with Crippen molar-refractivity contribution in [3.63, 3.8) is 0 Å². The highest BCUT2D eigenvalue weighted by atomic mass is 16.5. The van der Waals surface area contributed by atoms with Crippen molar-refractivity contribution in [3.05, 3.63) is 53.1 Å². The molecular weight excluding hydrogens is 314 g/mol. The van der Waals surface area contributed by atoms with Crippen LogP contribution in [0.1, 0.15) is 36.0 Å².